The van der Waals surface area contributed by atoms with Crippen LogP contribution in [0.5, 0.6) is 0 Å². The standard InChI is InChI=1S/C18H24N2O2/c1-2-18(13-21)7-9-20(10-8-18)12-17(22)15-11-19-16-6-4-3-5-14(15)16/h3-6,11,19,21H,2,7-10,12-13H2,1H3. The van der Waals surface area contributed by atoms with E-state index in [1.807, 2.05) is 30.5 Å². The Morgan fingerprint density at radius 3 is 2.73 bits per heavy atom. The molecule has 0 amide bonds. The topological polar surface area (TPSA) is 56.3 Å². The number of fused-ring (bicyclic) bond motifs is 1. The molecule has 22 heavy (non-hydrogen) atoms. The van der Waals surface area contributed by atoms with E-state index in [9.17, 15) is 9.90 Å². The van der Waals surface area contributed by atoms with Gasteiger partial charge in [-0.25, -0.2) is 0 Å². The van der Waals surface area contributed by atoms with Crippen molar-refractivity contribution in [3.63, 3.8) is 0 Å². The molecule has 0 saturated carbocycles. The van der Waals surface area contributed by atoms with Gasteiger partial charge < -0.3 is 10.1 Å². The minimum Gasteiger partial charge on any atom is -0.396 e. The quantitative estimate of drug-likeness (QED) is 0.835. The number of nitrogens with zero attached hydrogens (tertiary/aromatic N) is 1. The minimum atomic E-state index is 0.0698. The van der Waals surface area contributed by atoms with Crippen molar-refractivity contribution in [2.24, 2.45) is 5.41 Å². The van der Waals surface area contributed by atoms with Crippen LogP contribution in [0, 0.1) is 5.41 Å². The Balaban J connectivity index is 1.66. The Kier molecular flexibility index (Phi) is 4.32. The second-order valence-corrected chi connectivity index (χ2v) is 6.46. The van der Waals surface area contributed by atoms with Crippen molar-refractivity contribution in [1.29, 1.82) is 0 Å². The molecule has 0 radical (unpaired) electrons. The zero-order chi connectivity index (χ0) is 15.6. The van der Waals surface area contributed by atoms with Gasteiger partial charge in [-0.3, -0.25) is 9.69 Å². The third-order valence-electron chi connectivity index (χ3n) is 5.26. The van der Waals surface area contributed by atoms with Crippen molar-refractivity contribution >= 4 is 16.7 Å². The third kappa shape index (κ3) is 2.81. The molecule has 0 aliphatic carbocycles. The number of para-hydroxylation sites is 1. The molecule has 2 aromatic rings. The Labute approximate surface area is 131 Å². The van der Waals surface area contributed by atoms with Crippen molar-refractivity contribution in [1.82, 2.24) is 9.88 Å². The van der Waals surface area contributed by atoms with E-state index in [0.29, 0.717) is 6.54 Å². The fourth-order valence-electron chi connectivity index (χ4n) is 3.40. The molecule has 0 bridgehead atoms. The number of aliphatic hydroxyl groups is 1. The van der Waals surface area contributed by atoms with Gasteiger partial charge >= 0.3 is 0 Å². The van der Waals surface area contributed by atoms with E-state index >= 15 is 0 Å². The molecular weight excluding hydrogens is 276 g/mol. The van der Waals surface area contributed by atoms with Crippen molar-refractivity contribution in [2.75, 3.05) is 26.2 Å². The molecule has 2 heterocycles. The van der Waals surface area contributed by atoms with Crippen LogP contribution < -0.4 is 0 Å². The number of aliphatic hydroxyl groups excluding tert-OH is 1. The summed E-state index contributed by atoms with van der Waals surface area (Å²) >= 11 is 0. The van der Waals surface area contributed by atoms with Crippen molar-refractivity contribution in [3.05, 3.63) is 36.0 Å². The predicted molar refractivity (Wildman–Crippen MR) is 88.1 cm³/mol. The number of rotatable bonds is 5. The maximum atomic E-state index is 12.6. The maximum absolute atomic E-state index is 12.6. The summed E-state index contributed by atoms with van der Waals surface area (Å²) in [5.41, 5.74) is 1.86. The number of ketones is 1. The number of piperidine rings is 1. The lowest BCUT2D eigenvalue weighted by molar-refractivity contribution is 0.0401. The molecule has 0 unspecified atom stereocenters. The fourth-order valence-corrected chi connectivity index (χ4v) is 3.40. The number of aromatic amines is 1. The summed E-state index contributed by atoms with van der Waals surface area (Å²) in [5, 5.41) is 10.6. The van der Waals surface area contributed by atoms with Crippen molar-refractivity contribution < 1.29 is 9.90 Å². The van der Waals surface area contributed by atoms with Crippen LogP contribution in [0.1, 0.15) is 36.5 Å². The first-order valence-electron chi connectivity index (χ1n) is 8.10. The van der Waals surface area contributed by atoms with Gasteiger partial charge in [-0.15, -0.1) is 0 Å². The summed E-state index contributed by atoms with van der Waals surface area (Å²) in [6.45, 7) is 4.65. The first-order valence-corrected chi connectivity index (χ1v) is 8.10. The van der Waals surface area contributed by atoms with E-state index in [-0.39, 0.29) is 17.8 Å². The molecule has 3 rings (SSSR count). The summed E-state index contributed by atoms with van der Waals surface area (Å²) in [4.78, 5) is 18.0. The van der Waals surface area contributed by atoms with Crippen LogP contribution in [0.2, 0.25) is 0 Å². The molecule has 1 saturated heterocycles. The number of Topliss-reactive ketones (excluding diaryl/α,β-unsaturated/α-hetero) is 1. The van der Waals surface area contributed by atoms with Crippen LogP contribution in [0.4, 0.5) is 0 Å². The molecule has 0 atom stereocenters. The van der Waals surface area contributed by atoms with Gasteiger partial charge in [0.15, 0.2) is 5.78 Å². The van der Waals surface area contributed by atoms with E-state index in [0.717, 1.165) is 48.8 Å². The second kappa shape index (κ2) is 6.23. The van der Waals surface area contributed by atoms with Crippen molar-refractivity contribution in [3.8, 4) is 0 Å². The lowest BCUT2D eigenvalue weighted by Crippen LogP contribution is -2.43. The van der Waals surface area contributed by atoms with Gasteiger partial charge in [-0.05, 0) is 43.8 Å². The molecule has 1 aliphatic heterocycles. The number of carbonyl (C=O) groups is 1. The van der Waals surface area contributed by atoms with Crippen LogP contribution in [-0.4, -0.2) is 47.0 Å². The number of carbonyl (C=O) groups excluding carboxylic acids is 1. The maximum Gasteiger partial charge on any atom is 0.178 e. The van der Waals surface area contributed by atoms with Crippen LogP contribution in [0.3, 0.4) is 0 Å². The highest BCUT2D eigenvalue weighted by Gasteiger charge is 2.32. The SMILES string of the molecule is CCC1(CO)CCN(CC(=O)c2c[nH]c3ccccc23)CC1. The smallest absolute Gasteiger partial charge is 0.178 e. The van der Waals surface area contributed by atoms with E-state index in [4.69, 9.17) is 0 Å². The second-order valence-electron chi connectivity index (χ2n) is 6.46. The van der Waals surface area contributed by atoms with Gasteiger partial charge in [0.25, 0.3) is 0 Å². The van der Waals surface area contributed by atoms with Gasteiger partial charge in [-0.1, -0.05) is 25.1 Å². The Morgan fingerprint density at radius 2 is 2.05 bits per heavy atom. The zero-order valence-electron chi connectivity index (χ0n) is 13.1. The van der Waals surface area contributed by atoms with Gasteiger partial charge in [0.05, 0.1) is 6.54 Å². The Hall–Kier alpha value is -1.65. The van der Waals surface area contributed by atoms with Crippen molar-refractivity contribution in [2.45, 2.75) is 26.2 Å². The minimum absolute atomic E-state index is 0.0698. The number of nitrogens with one attached hydrogen (secondary N) is 1. The van der Waals surface area contributed by atoms with Crippen LogP contribution in [-0.2, 0) is 0 Å². The number of H-pyrrole nitrogens is 1. The normalized spacial score (nSPS) is 18.6. The zero-order valence-corrected chi connectivity index (χ0v) is 13.1. The molecule has 1 aliphatic rings. The van der Waals surface area contributed by atoms with E-state index in [2.05, 4.69) is 16.8 Å². The first-order chi connectivity index (χ1) is 10.7. The average molecular weight is 300 g/mol. The molecular formula is C18H24N2O2. The lowest BCUT2D eigenvalue weighted by atomic mass is 9.77. The van der Waals surface area contributed by atoms with E-state index in [1.54, 1.807) is 0 Å². The summed E-state index contributed by atoms with van der Waals surface area (Å²) in [6.07, 6.45) is 4.77. The van der Waals surface area contributed by atoms with E-state index < -0.39 is 0 Å². The third-order valence-corrected chi connectivity index (χ3v) is 5.26. The van der Waals surface area contributed by atoms with Gasteiger partial charge in [0, 0.05) is 29.3 Å². The number of aromatic nitrogens is 1. The number of hydrogen-bond donors (Lipinski definition) is 2. The van der Waals surface area contributed by atoms with Crippen LogP contribution in [0.15, 0.2) is 30.5 Å². The van der Waals surface area contributed by atoms with Gasteiger partial charge in [0.1, 0.15) is 0 Å². The number of hydrogen-bond acceptors (Lipinski definition) is 3. The summed E-state index contributed by atoms with van der Waals surface area (Å²) < 4.78 is 0. The molecule has 118 valence electrons. The summed E-state index contributed by atoms with van der Waals surface area (Å²) in [6, 6.07) is 7.91. The Bertz CT molecular complexity index is 648. The average Bonchev–Trinajstić information content (AvgIpc) is 3.00. The van der Waals surface area contributed by atoms with Crippen LogP contribution >= 0.6 is 0 Å². The Morgan fingerprint density at radius 1 is 1.32 bits per heavy atom. The van der Waals surface area contributed by atoms with Gasteiger partial charge in [0.2, 0.25) is 0 Å². The highest BCUT2D eigenvalue weighted by atomic mass is 16.3. The first kappa shape index (κ1) is 15.3. The molecule has 4 nitrogen and oxygen atoms in total. The highest BCUT2D eigenvalue weighted by Crippen LogP contribution is 2.34. The number of benzene rings is 1. The largest absolute Gasteiger partial charge is 0.396 e. The molecule has 4 heteroatoms. The molecule has 2 N–H and O–H groups in total. The monoisotopic (exact) mass is 300 g/mol. The van der Waals surface area contributed by atoms with Crippen LogP contribution in [0.25, 0.3) is 10.9 Å². The molecule has 1 aromatic carbocycles. The summed E-state index contributed by atoms with van der Waals surface area (Å²) in [7, 11) is 0. The molecule has 0 spiro atoms. The van der Waals surface area contributed by atoms with Gasteiger partial charge in [-0.2, -0.15) is 0 Å². The fraction of sp³-hybridized carbons (Fsp3) is 0.500. The number of likely N-dealkylation sites (tertiary alicyclic amines) is 1. The predicted octanol–water partition coefficient (Wildman–Crippen LogP) is 2.84. The molecule has 1 aromatic heterocycles. The van der Waals surface area contributed by atoms with E-state index in [1.165, 1.54) is 0 Å². The lowest BCUT2D eigenvalue weighted by Gasteiger charge is -2.39. The highest BCUT2D eigenvalue weighted by molar-refractivity contribution is 6.08. The summed E-state index contributed by atoms with van der Waals surface area (Å²) in [5.74, 6) is 0.172. The molecule has 1 fully saturated rings.